The highest BCUT2D eigenvalue weighted by Gasteiger charge is 2.31. The van der Waals surface area contributed by atoms with Crippen LogP contribution in [0.15, 0.2) is 24.3 Å². The summed E-state index contributed by atoms with van der Waals surface area (Å²) >= 11 is 0. The summed E-state index contributed by atoms with van der Waals surface area (Å²) in [6.07, 6.45) is 1.34. The fourth-order valence-electron chi connectivity index (χ4n) is 3.35. The maximum atomic E-state index is 5.95. The Morgan fingerprint density at radius 1 is 1.14 bits per heavy atom. The second-order valence-corrected chi connectivity index (χ2v) is 6.99. The monoisotopic (exact) mass is 304 g/mol. The number of ether oxygens (including phenoxy) is 2. The second-order valence-electron chi connectivity index (χ2n) is 6.99. The number of benzene rings is 1. The number of hydrogen-bond acceptors (Lipinski definition) is 4. The first-order valence-corrected chi connectivity index (χ1v) is 8.39. The number of nitrogens with zero attached hydrogens (tertiary/aromatic N) is 1. The summed E-state index contributed by atoms with van der Waals surface area (Å²) in [4.78, 5) is 2.40. The molecule has 2 aliphatic heterocycles. The summed E-state index contributed by atoms with van der Waals surface area (Å²) in [6.45, 7) is 11.0. The quantitative estimate of drug-likeness (QED) is 0.923. The van der Waals surface area contributed by atoms with Gasteiger partial charge in [-0.2, -0.15) is 0 Å². The van der Waals surface area contributed by atoms with Crippen LogP contribution in [0.4, 0.5) is 5.69 Å². The van der Waals surface area contributed by atoms with E-state index in [9.17, 15) is 0 Å². The summed E-state index contributed by atoms with van der Waals surface area (Å²) in [5, 5.41) is 3.44. The Bertz CT molecular complexity index is 460. The van der Waals surface area contributed by atoms with Crippen molar-refractivity contribution in [3.05, 3.63) is 29.8 Å². The van der Waals surface area contributed by atoms with Gasteiger partial charge < -0.3 is 19.7 Å². The first-order valence-electron chi connectivity index (χ1n) is 8.39. The Balaban J connectivity index is 1.62. The fourth-order valence-corrected chi connectivity index (χ4v) is 3.35. The van der Waals surface area contributed by atoms with Gasteiger partial charge in [-0.1, -0.05) is 26.0 Å². The Morgan fingerprint density at radius 2 is 1.86 bits per heavy atom. The van der Waals surface area contributed by atoms with E-state index in [1.54, 1.807) is 0 Å². The van der Waals surface area contributed by atoms with E-state index in [4.69, 9.17) is 9.47 Å². The van der Waals surface area contributed by atoms with Gasteiger partial charge in [-0.25, -0.2) is 0 Å². The number of anilines is 1. The van der Waals surface area contributed by atoms with Gasteiger partial charge in [-0.3, -0.25) is 0 Å². The van der Waals surface area contributed by atoms with Crippen LogP contribution >= 0.6 is 0 Å². The standard InChI is InChI=1S/C18H28N2O2/c1-18(2,17-14-19-7-10-22-17)13-15-3-5-16(6-4-15)20-8-11-21-12-9-20/h3-6,17,19H,7-14H2,1-2H3. The summed E-state index contributed by atoms with van der Waals surface area (Å²) in [6, 6.07) is 9.03. The normalized spacial score (nSPS) is 23.5. The highest BCUT2D eigenvalue weighted by Crippen LogP contribution is 2.30. The maximum Gasteiger partial charge on any atom is 0.0754 e. The topological polar surface area (TPSA) is 33.7 Å². The lowest BCUT2D eigenvalue weighted by Crippen LogP contribution is -2.47. The van der Waals surface area contributed by atoms with Crippen molar-refractivity contribution in [3.63, 3.8) is 0 Å². The molecule has 0 amide bonds. The van der Waals surface area contributed by atoms with E-state index in [1.807, 2.05) is 0 Å². The van der Waals surface area contributed by atoms with E-state index in [1.165, 1.54) is 11.3 Å². The zero-order chi connectivity index (χ0) is 15.4. The van der Waals surface area contributed by atoms with E-state index >= 15 is 0 Å². The van der Waals surface area contributed by atoms with Crippen LogP contribution in [-0.4, -0.2) is 52.1 Å². The Morgan fingerprint density at radius 3 is 2.50 bits per heavy atom. The molecule has 2 aliphatic rings. The van der Waals surface area contributed by atoms with Gasteiger partial charge in [-0.15, -0.1) is 0 Å². The number of morpholine rings is 2. The predicted octanol–water partition coefficient (Wildman–Crippen LogP) is 2.08. The molecule has 1 N–H and O–H groups in total. The van der Waals surface area contributed by atoms with E-state index in [-0.39, 0.29) is 5.41 Å². The first kappa shape index (κ1) is 15.8. The molecule has 2 saturated heterocycles. The summed E-state index contributed by atoms with van der Waals surface area (Å²) in [7, 11) is 0. The van der Waals surface area contributed by atoms with Gasteiger partial charge in [0, 0.05) is 31.9 Å². The van der Waals surface area contributed by atoms with Gasteiger partial charge in [0.1, 0.15) is 0 Å². The molecule has 0 spiro atoms. The molecule has 0 radical (unpaired) electrons. The minimum absolute atomic E-state index is 0.147. The van der Waals surface area contributed by atoms with Crippen molar-refractivity contribution in [2.24, 2.45) is 5.41 Å². The van der Waals surface area contributed by atoms with E-state index in [0.717, 1.165) is 52.4 Å². The molecule has 0 bridgehead atoms. The lowest BCUT2D eigenvalue weighted by molar-refractivity contribution is -0.0433. The molecule has 1 atom stereocenters. The van der Waals surface area contributed by atoms with Gasteiger partial charge >= 0.3 is 0 Å². The zero-order valence-electron chi connectivity index (χ0n) is 13.8. The Hall–Kier alpha value is -1.10. The molecule has 3 rings (SSSR count). The van der Waals surface area contributed by atoms with Crippen LogP contribution < -0.4 is 10.2 Å². The zero-order valence-corrected chi connectivity index (χ0v) is 13.8. The lowest BCUT2D eigenvalue weighted by Gasteiger charge is -2.37. The minimum Gasteiger partial charge on any atom is -0.378 e. The summed E-state index contributed by atoms with van der Waals surface area (Å²) in [5.41, 5.74) is 2.84. The largest absolute Gasteiger partial charge is 0.378 e. The summed E-state index contributed by atoms with van der Waals surface area (Å²) < 4.78 is 11.4. The van der Waals surface area contributed by atoms with Gasteiger partial charge in [0.25, 0.3) is 0 Å². The van der Waals surface area contributed by atoms with Crippen molar-refractivity contribution in [2.45, 2.75) is 26.4 Å². The molecule has 0 aromatic heterocycles. The molecule has 1 aromatic carbocycles. The van der Waals surface area contributed by atoms with Crippen LogP contribution in [0.5, 0.6) is 0 Å². The molecule has 4 nitrogen and oxygen atoms in total. The third-order valence-corrected chi connectivity index (χ3v) is 4.77. The van der Waals surface area contributed by atoms with Crippen LogP contribution in [0, 0.1) is 5.41 Å². The van der Waals surface area contributed by atoms with Crippen molar-refractivity contribution in [3.8, 4) is 0 Å². The molecule has 1 unspecified atom stereocenters. The van der Waals surface area contributed by atoms with Gasteiger partial charge in [0.2, 0.25) is 0 Å². The third-order valence-electron chi connectivity index (χ3n) is 4.77. The Labute approximate surface area is 133 Å². The fraction of sp³-hybridized carbons (Fsp3) is 0.667. The van der Waals surface area contributed by atoms with Crippen molar-refractivity contribution in [2.75, 3.05) is 50.9 Å². The molecule has 2 fully saturated rings. The van der Waals surface area contributed by atoms with Crippen LogP contribution in [0.1, 0.15) is 19.4 Å². The van der Waals surface area contributed by atoms with Crippen LogP contribution in [0.25, 0.3) is 0 Å². The molecule has 0 aliphatic carbocycles. The minimum atomic E-state index is 0.147. The molecule has 0 saturated carbocycles. The lowest BCUT2D eigenvalue weighted by atomic mass is 9.80. The SMILES string of the molecule is CC(C)(Cc1ccc(N2CCOCC2)cc1)C1CNCCO1. The maximum absolute atomic E-state index is 5.95. The van der Waals surface area contributed by atoms with Crippen LogP contribution in [0.2, 0.25) is 0 Å². The van der Waals surface area contributed by atoms with Crippen LogP contribution in [0.3, 0.4) is 0 Å². The van der Waals surface area contributed by atoms with Crippen molar-refractivity contribution in [1.29, 1.82) is 0 Å². The van der Waals surface area contributed by atoms with Crippen molar-refractivity contribution < 1.29 is 9.47 Å². The molecule has 1 aromatic rings. The molecular formula is C18H28N2O2. The second kappa shape index (κ2) is 6.99. The average Bonchev–Trinajstić information content (AvgIpc) is 2.57. The van der Waals surface area contributed by atoms with E-state index in [0.29, 0.717) is 6.10 Å². The molecule has 2 heterocycles. The number of rotatable bonds is 4. The van der Waals surface area contributed by atoms with Crippen molar-refractivity contribution >= 4 is 5.69 Å². The van der Waals surface area contributed by atoms with Crippen molar-refractivity contribution in [1.82, 2.24) is 5.32 Å². The molecule has 4 heteroatoms. The molecule has 22 heavy (non-hydrogen) atoms. The van der Waals surface area contributed by atoms with Gasteiger partial charge in [0.05, 0.1) is 25.9 Å². The Kier molecular flexibility index (Phi) is 5.01. The van der Waals surface area contributed by atoms with E-state index < -0.39 is 0 Å². The average molecular weight is 304 g/mol. The summed E-state index contributed by atoms with van der Waals surface area (Å²) in [5.74, 6) is 0. The molecular weight excluding hydrogens is 276 g/mol. The van der Waals surface area contributed by atoms with E-state index in [2.05, 4.69) is 48.3 Å². The third kappa shape index (κ3) is 3.80. The highest BCUT2D eigenvalue weighted by atomic mass is 16.5. The van der Waals surface area contributed by atoms with Gasteiger partial charge in [0.15, 0.2) is 0 Å². The first-order chi connectivity index (χ1) is 10.6. The number of nitrogens with one attached hydrogen (secondary N) is 1. The smallest absolute Gasteiger partial charge is 0.0754 e. The highest BCUT2D eigenvalue weighted by molar-refractivity contribution is 5.48. The predicted molar refractivity (Wildman–Crippen MR) is 89.6 cm³/mol. The number of hydrogen-bond donors (Lipinski definition) is 1. The van der Waals surface area contributed by atoms with Crippen LogP contribution in [-0.2, 0) is 15.9 Å². The van der Waals surface area contributed by atoms with Gasteiger partial charge in [-0.05, 0) is 29.5 Å². The molecule has 122 valence electrons.